The number of ether oxygens (including phenoxy) is 2. The number of allylic oxidation sites excluding steroid dienone is 1. The quantitative estimate of drug-likeness (QED) is 0.528. The van der Waals surface area contributed by atoms with Gasteiger partial charge in [0.1, 0.15) is 24.0 Å². The van der Waals surface area contributed by atoms with Crippen molar-refractivity contribution in [2.45, 2.75) is 6.36 Å². The molecular formula is C14H9F3N2O3. The van der Waals surface area contributed by atoms with Crippen molar-refractivity contribution in [1.29, 1.82) is 5.26 Å². The molecule has 1 aromatic carbocycles. The number of ketones is 1. The Bertz CT molecular complexity index is 670. The zero-order chi connectivity index (χ0) is 16.2. The Morgan fingerprint density at radius 1 is 1.32 bits per heavy atom. The van der Waals surface area contributed by atoms with Crippen molar-refractivity contribution >= 4 is 5.78 Å². The van der Waals surface area contributed by atoms with E-state index in [0.717, 1.165) is 24.3 Å². The van der Waals surface area contributed by atoms with Gasteiger partial charge in [0.25, 0.3) is 0 Å². The maximum absolute atomic E-state index is 12.2. The van der Waals surface area contributed by atoms with E-state index in [1.165, 1.54) is 12.5 Å². The molecule has 0 saturated heterocycles. The number of Topliss-reactive ketones (excluding diaryl/α,β-unsaturated/α-hetero) is 1. The van der Waals surface area contributed by atoms with Gasteiger partial charge in [-0.25, -0.2) is 0 Å². The van der Waals surface area contributed by atoms with Gasteiger partial charge in [0, 0.05) is 11.8 Å². The number of hydrogen-bond donors (Lipinski definition) is 1. The molecule has 1 aliphatic rings. The average molecular weight is 310 g/mol. The summed E-state index contributed by atoms with van der Waals surface area (Å²) in [6, 6.07) is 6.08. The Kier molecular flexibility index (Phi) is 4.36. The lowest BCUT2D eigenvalue weighted by atomic mass is 10.0. The zero-order valence-corrected chi connectivity index (χ0v) is 11.0. The number of carbonyl (C=O) groups is 1. The Morgan fingerprint density at radius 2 is 2.00 bits per heavy atom. The molecule has 2 rings (SSSR count). The van der Waals surface area contributed by atoms with Crippen LogP contribution in [0.4, 0.5) is 13.2 Å². The number of nitriles is 1. The second-order valence-corrected chi connectivity index (χ2v) is 4.12. The number of carbonyl (C=O) groups excluding carboxylic acids is 1. The fourth-order valence-corrected chi connectivity index (χ4v) is 1.71. The number of nitrogens with zero attached hydrogens (tertiary/aromatic N) is 1. The number of hydrogen-bond acceptors (Lipinski definition) is 5. The summed E-state index contributed by atoms with van der Waals surface area (Å²) in [5.74, 6) is -1.07. The van der Waals surface area contributed by atoms with Crippen LogP contribution in [0, 0.1) is 11.3 Å². The van der Waals surface area contributed by atoms with E-state index in [2.05, 4.69) is 10.1 Å². The van der Waals surface area contributed by atoms with Crippen molar-refractivity contribution in [3.63, 3.8) is 0 Å². The van der Waals surface area contributed by atoms with Gasteiger partial charge < -0.3 is 14.8 Å². The highest BCUT2D eigenvalue weighted by Gasteiger charge is 2.31. The van der Waals surface area contributed by atoms with Crippen LogP contribution in [0.1, 0.15) is 10.4 Å². The van der Waals surface area contributed by atoms with Gasteiger partial charge in [-0.05, 0) is 24.3 Å². The van der Waals surface area contributed by atoms with Crippen LogP contribution in [0.25, 0.3) is 0 Å². The first-order valence-electron chi connectivity index (χ1n) is 5.97. The lowest BCUT2D eigenvalue weighted by Crippen LogP contribution is -2.20. The summed E-state index contributed by atoms with van der Waals surface area (Å²) in [6.45, 7) is 0.0282. The van der Waals surface area contributed by atoms with Crippen LogP contribution in [-0.4, -0.2) is 18.8 Å². The molecule has 1 aliphatic heterocycles. The SMILES string of the molecule is N#CC(C(=O)c1ccc(OC(F)(F)F)cc1)=C1COC=CN1. The van der Waals surface area contributed by atoms with E-state index < -0.39 is 17.9 Å². The lowest BCUT2D eigenvalue weighted by molar-refractivity contribution is -0.274. The molecule has 5 nitrogen and oxygen atoms in total. The largest absolute Gasteiger partial charge is 0.573 e. The molecule has 114 valence electrons. The Hall–Kier alpha value is -2.95. The normalized spacial score (nSPS) is 16.1. The average Bonchev–Trinajstić information content (AvgIpc) is 2.48. The van der Waals surface area contributed by atoms with Gasteiger partial charge >= 0.3 is 6.36 Å². The van der Waals surface area contributed by atoms with Crippen LogP contribution in [0.5, 0.6) is 5.75 Å². The van der Waals surface area contributed by atoms with Crippen LogP contribution in [0.3, 0.4) is 0 Å². The second kappa shape index (κ2) is 6.22. The number of alkyl halides is 3. The first-order valence-corrected chi connectivity index (χ1v) is 5.97. The molecule has 22 heavy (non-hydrogen) atoms. The molecule has 0 saturated carbocycles. The predicted octanol–water partition coefficient (Wildman–Crippen LogP) is 2.64. The molecule has 0 amide bonds. The molecule has 0 unspecified atom stereocenters. The van der Waals surface area contributed by atoms with Crippen LogP contribution >= 0.6 is 0 Å². The van der Waals surface area contributed by atoms with Gasteiger partial charge in [0.2, 0.25) is 5.78 Å². The summed E-state index contributed by atoms with van der Waals surface area (Å²) >= 11 is 0. The van der Waals surface area contributed by atoms with Crippen molar-refractivity contribution in [2.75, 3.05) is 6.61 Å². The van der Waals surface area contributed by atoms with Crippen molar-refractivity contribution in [3.05, 3.63) is 53.6 Å². The number of rotatable bonds is 3. The van der Waals surface area contributed by atoms with Crippen LogP contribution < -0.4 is 10.1 Å². The molecule has 0 fully saturated rings. The summed E-state index contributed by atoms with van der Waals surface area (Å²) in [4.78, 5) is 12.2. The van der Waals surface area contributed by atoms with E-state index in [-0.39, 0.29) is 23.4 Å². The summed E-state index contributed by atoms with van der Waals surface area (Å²) in [5.41, 5.74) is 0.175. The van der Waals surface area contributed by atoms with Crippen LogP contribution in [0.15, 0.2) is 48.0 Å². The fourth-order valence-electron chi connectivity index (χ4n) is 1.71. The monoisotopic (exact) mass is 310 g/mol. The van der Waals surface area contributed by atoms with Crippen LogP contribution in [-0.2, 0) is 4.74 Å². The summed E-state index contributed by atoms with van der Waals surface area (Å²) in [7, 11) is 0. The molecule has 0 radical (unpaired) electrons. The van der Waals surface area contributed by atoms with Crippen molar-refractivity contribution in [2.24, 2.45) is 0 Å². The highest BCUT2D eigenvalue weighted by Crippen LogP contribution is 2.23. The molecule has 0 spiro atoms. The van der Waals surface area contributed by atoms with E-state index in [1.807, 2.05) is 0 Å². The minimum atomic E-state index is -4.80. The van der Waals surface area contributed by atoms with E-state index in [0.29, 0.717) is 0 Å². The molecule has 0 atom stereocenters. The molecule has 0 bridgehead atoms. The maximum atomic E-state index is 12.2. The Balaban J connectivity index is 2.22. The molecule has 1 aromatic rings. The summed E-state index contributed by atoms with van der Waals surface area (Å²) < 4.78 is 44.9. The number of nitrogens with one attached hydrogen (secondary N) is 1. The highest BCUT2D eigenvalue weighted by atomic mass is 19.4. The smallest absolute Gasteiger partial charge is 0.493 e. The first kappa shape index (κ1) is 15.4. The fraction of sp³-hybridized carbons (Fsp3) is 0.143. The highest BCUT2D eigenvalue weighted by molar-refractivity contribution is 6.11. The van der Waals surface area contributed by atoms with E-state index in [9.17, 15) is 18.0 Å². The Morgan fingerprint density at radius 3 is 2.50 bits per heavy atom. The predicted molar refractivity (Wildman–Crippen MR) is 68.3 cm³/mol. The van der Waals surface area contributed by atoms with Crippen molar-refractivity contribution in [3.8, 4) is 11.8 Å². The van der Waals surface area contributed by atoms with Crippen LogP contribution in [0.2, 0.25) is 0 Å². The van der Waals surface area contributed by atoms with Gasteiger partial charge in [0.05, 0.1) is 12.0 Å². The Labute approximate surface area is 123 Å². The number of benzene rings is 1. The molecule has 0 aromatic heterocycles. The van der Waals surface area contributed by atoms with Crippen molar-refractivity contribution in [1.82, 2.24) is 5.32 Å². The third kappa shape index (κ3) is 3.79. The zero-order valence-electron chi connectivity index (χ0n) is 11.0. The molecule has 0 aliphatic carbocycles. The molecule has 1 heterocycles. The van der Waals surface area contributed by atoms with E-state index in [1.54, 1.807) is 6.07 Å². The maximum Gasteiger partial charge on any atom is 0.573 e. The molecule has 1 N–H and O–H groups in total. The lowest BCUT2D eigenvalue weighted by Gasteiger charge is -2.14. The van der Waals surface area contributed by atoms with Gasteiger partial charge in [-0.3, -0.25) is 4.79 Å². The summed E-state index contributed by atoms with van der Waals surface area (Å²) in [5, 5.41) is 11.8. The van der Waals surface area contributed by atoms with E-state index in [4.69, 9.17) is 10.00 Å². The molecule has 8 heteroatoms. The van der Waals surface area contributed by atoms with Gasteiger partial charge in [0.15, 0.2) is 0 Å². The van der Waals surface area contributed by atoms with E-state index >= 15 is 0 Å². The minimum Gasteiger partial charge on any atom is -0.493 e. The topological polar surface area (TPSA) is 71.4 Å². The molecular weight excluding hydrogens is 301 g/mol. The van der Waals surface area contributed by atoms with Gasteiger partial charge in [-0.2, -0.15) is 5.26 Å². The first-order chi connectivity index (χ1) is 10.4. The number of halogens is 3. The van der Waals surface area contributed by atoms with Crippen molar-refractivity contribution < 1.29 is 27.4 Å². The van der Waals surface area contributed by atoms with Gasteiger partial charge in [-0.15, -0.1) is 13.2 Å². The second-order valence-electron chi connectivity index (χ2n) is 4.12. The standard InChI is InChI=1S/C14H9F3N2O3/c15-14(16,17)22-10-3-1-9(2-4-10)13(20)11(7-18)12-8-21-6-5-19-12/h1-6,19H,8H2. The van der Waals surface area contributed by atoms with Gasteiger partial charge in [-0.1, -0.05) is 0 Å². The minimum absolute atomic E-state index is 0.0282. The third-order valence-corrected chi connectivity index (χ3v) is 2.64. The third-order valence-electron chi connectivity index (χ3n) is 2.64. The summed E-state index contributed by atoms with van der Waals surface area (Å²) in [6.07, 6.45) is -2.02.